The zero-order valence-corrected chi connectivity index (χ0v) is 17.9. The van der Waals surface area contributed by atoms with Crippen molar-refractivity contribution in [3.63, 3.8) is 0 Å². The van der Waals surface area contributed by atoms with Gasteiger partial charge in [-0.15, -0.1) is 0 Å². The van der Waals surface area contributed by atoms with Crippen LogP contribution >= 0.6 is 0 Å². The summed E-state index contributed by atoms with van der Waals surface area (Å²) in [7, 11) is 0. The smallest absolute Gasteiger partial charge is 0.275 e. The molecule has 32 heavy (non-hydrogen) atoms. The van der Waals surface area contributed by atoms with E-state index in [9.17, 15) is 10.0 Å². The highest BCUT2D eigenvalue weighted by molar-refractivity contribution is 6.08. The number of hydrogen-bond acceptors (Lipinski definition) is 5. The van der Waals surface area contributed by atoms with E-state index in [1.54, 1.807) is 23.9 Å². The van der Waals surface area contributed by atoms with Gasteiger partial charge in [-0.05, 0) is 47.6 Å². The summed E-state index contributed by atoms with van der Waals surface area (Å²) in [5, 5.41) is 18.9. The first-order valence-corrected chi connectivity index (χ1v) is 10.7. The van der Waals surface area contributed by atoms with E-state index in [1.807, 2.05) is 31.2 Å². The molecule has 0 bridgehead atoms. The van der Waals surface area contributed by atoms with Gasteiger partial charge in [-0.2, -0.15) is 0 Å². The highest BCUT2D eigenvalue weighted by Gasteiger charge is 2.20. The molecule has 4 aromatic rings. The van der Waals surface area contributed by atoms with Crippen molar-refractivity contribution in [2.75, 3.05) is 6.61 Å². The average Bonchev–Trinajstić information content (AvgIpc) is 2.86. The van der Waals surface area contributed by atoms with Crippen molar-refractivity contribution in [2.45, 2.75) is 26.2 Å². The number of pyridine rings is 2. The van der Waals surface area contributed by atoms with E-state index in [4.69, 9.17) is 10.1 Å². The topological polar surface area (TPSA) is 95.3 Å². The summed E-state index contributed by atoms with van der Waals surface area (Å²) in [6.45, 7) is 2.16. The summed E-state index contributed by atoms with van der Waals surface area (Å²) < 4.78 is 0. The maximum absolute atomic E-state index is 12.5. The number of carbonyl (C=O) groups excluding carboxylic acids is 1. The lowest BCUT2D eigenvalue weighted by molar-refractivity contribution is 0.0707. The molecule has 0 fully saturated rings. The molecular weight excluding hydrogens is 402 g/mol. The molecule has 2 heterocycles. The Morgan fingerprint density at radius 1 is 0.969 bits per heavy atom. The molecule has 0 aliphatic rings. The zero-order valence-electron chi connectivity index (χ0n) is 17.9. The molecule has 0 saturated carbocycles. The summed E-state index contributed by atoms with van der Waals surface area (Å²) in [6, 6.07) is 18.2. The largest absolute Gasteiger partial charge is 0.396 e. The van der Waals surface area contributed by atoms with Crippen molar-refractivity contribution in [1.82, 2.24) is 15.4 Å². The molecule has 2 aromatic heterocycles. The number of fused-ring (bicyclic) bond motifs is 1. The Balaban J connectivity index is 1.74. The van der Waals surface area contributed by atoms with Crippen molar-refractivity contribution in [3.8, 4) is 22.4 Å². The van der Waals surface area contributed by atoms with Crippen LogP contribution in [0.25, 0.3) is 33.3 Å². The third-order valence-electron chi connectivity index (χ3n) is 5.64. The molecule has 0 spiro atoms. The zero-order chi connectivity index (χ0) is 22.5. The van der Waals surface area contributed by atoms with Crippen LogP contribution in [0.3, 0.4) is 0 Å². The number of aryl methyl sites for hydroxylation is 1. The Hall–Kier alpha value is -3.61. The highest BCUT2D eigenvalue weighted by atomic mass is 16.5. The Morgan fingerprint density at radius 2 is 1.62 bits per heavy atom. The van der Waals surface area contributed by atoms with Crippen molar-refractivity contribution >= 4 is 16.8 Å². The molecule has 0 unspecified atom stereocenters. The molecule has 0 saturated heterocycles. The highest BCUT2D eigenvalue weighted by Crippen LogP contribution is 2.32. The van der Waals surface area contributed by atoms with Crippen LogP contribution in [0.5, 0.6) is 0 Å². The van der Waals surface area contributed by atoms with Crippen molar-refractivity contribution in [1.29, 1.82) is 0 Å². The minimum atomic E-state index is -0.568. The predicted molar refractivity (Wildman–Crippen MR) is 124 cm³/mol. The van der Waals surface area contributed by atoms with Gasteiger partial charge in [0, 0.05) is 30.0 Å². The molecule has 0 aliphatic heterocycles. The number of benzene rings is 2. The first-order valence-electron chi connectivity index (χ1n) is 10.7. The Labute approximate surface area is 186 Å². The normalized spacial score (nSPS) is 11.0. The van der Waals surface area contributed by atoms with Crippen LogP contribution in [0, 0.1) is 0 Å². The third-order valence-corrected chi connectivity index (χ3v) is 5.64. The first kappa shape index (κ1) is 21.6. The number of aliphatic hydroxyl groups is 1. The van der Waals surface area contributed by atoms with E-state index in [0.29, 0.717) is 22.9 Å². The summed E-state index contributed by atoms with van der Waals surface area (Å²) in [6.07, 6.45) is 5.44. The summed E-state index contributed by atoms with van der Waals surface area (Å²) in [5.74, 6) is -0.568. The summed E-state index contributed by atoms with van der Waals surface area (Å²) in [5.41, 5.74) is 8.58. The van der Waals surface area contributed by atoms with Gasteiger partial charge in [-0.3, -0.25) is 15.0 Å². The number of hydroxylamine groups is 1. The second kappa shape index (κ2) is 9.68. The van der Waals surface area contributed by atoms with E-state index in [1.165, 1.54) is 5.56 Å². The number of nitrogens with zero attached hydrogens (tertiary/aromatic N) is 2. The molecule has 6 heteroatoms. The fraction of sp³-hybridized carbons (Fsp3) is 0.192. The lowest BCUT2D eigenvalue weighted by Gasteiger charge is -2.15. The minimum Gasteiger partial charge on any atom is -0.396 e. The quantitative estimate of drug-likeness (QED) is 0.297. The number of carbonyl (C=O) groups is 1. The van der Waals surface area contributed by atoms with Crippen molar-refractivity contribution < 1.29 is 15.1 Å². The molecule has 0 radical (unpaired) electrons. The number of hydrogen-bond donors (Lipinski definition) is 3. The minimum absolute atomic E-state index is 0.198. The predicted octanol–water partition coefficient (Wildman–Crippen LogP) is 4.57. The van der Waals surface area contributed by atoms with E-state index < -0.39 is 5.91 Å². The van der Waals surface area contributed by atoms with Crippen LogP contribution in [0.4, 0.5) is 0 Å². The van der Waals surface area contributed by atoms with Gasteiger partial charge < -0.3 is 5.11 Å². The van der Waals surface area contributed by atoms with Crippen molar-refractivity contribution in [3.05, 3.63) is 83.7 Å². The Kier molecular flexibility index (Phi) is 6.54. The van der Waals surface area contributed by atoms with Crippen LogP contribution in [0.15, 0.2) is 67.0 Å². The maximum Gasteiger partial charge on any atom is 0.275 e. The van der Waals surface area contributed by atoms with E-state index in [2.05, 4.69) is 29.2 Å². The second-order valence-corrected chi connectivity index (χ2v) is 7.60. The molecule has 1 amide bonds. The second-order valence-electron chi connectivity index (χ2n) is 7.60. The summed E-state index contributed by atoms with van der Waals surface area (Å²) in [4.78, 5) is 21.4. The third kappa shape index (κ3) is 4.23. The average molecular weight is 428 g/mol. The van der Waals surface area contributed by atoms with Crippen LogP contribution in [-0.2, 0) is 12.8 Å². The maximum atomic E-state index is 12.5. The molecule has 3 N–H and O–H groups in total. The van der Waals surface area contributed by atoms with Crippen LogP contribution in [0.1, 0.15) is 34.8 Å². The van der Waals surface area contributed by atoms with Crippen molar-refractivity contribution in [2.24, 2.45) is 0 Å². The van der Waals surface area contributed by atoms with Gasteiger partial charge >= 0.3 is 0 Å². The van der Waals surface area contributed by atoms with Crippen LogP contribution in [0.2, 0.25) is 0 Å². The van der Waals surface area contributed by atoms with Gasteiger partial charge in [0.1, 0.15) is 0 Å². The molecular formula is C26H25N3O3. The van der Waals surface area contributed by atoms with Crippen LogP contribution < -0.4 is 5.48 Å². The molecule has 4 rings (SSSR count). The Morgan fingerprint density at radius 3 is 2.25 bits per heavy atom. The number of rotatable bonds is 7. The van der Waals surface area contributed by atoms with Gasteiger partial charge in [0.2, 0.25) is 0 Å². The van der Waals surface area contributed by atoms with E-state index in [0.717, 1.165) is 40.8 Å². The number of nitrogens with one attached hydrogen (secondary N) is 1. The van der Waals surface area contributed by atoms with E-state index in [-0.39, 0.29) is 6.61 Å². The number of aromatic nitrogens is 2. The number of aliphatic hydroxyl groups excluding tert-OH is 1. The summed E-state index contributed by atoms with van der Waals surface area (Å²) >= 11 is 0. The Bertz CT molecular complexity index is 1240. The molecule has 0 aliphatic carbocycles. The van der Waals surface area contributed by atoms with Gasteiger partial charge in [-0.25, -0.2) is 10.5 Å². The fourth-order valence-electron chi connectivity index (χ4n) is 4.01. The molecule has 162 valence electrons. The van der Waals surface area contributed by atoms with Gasteiger partial charge in [0.25, 0.3) is 5.91 Å². The molecule has 6 nitrogen and oxygen atoms in total. The van der Waals surface area contributed by atoms with E-state index >= 15 is 0 Å². The first-order chi connectivity index (χ1) is 15.7. The monoisotopic (exact) mass is 427 g/mol. The molecule has 2 aromatic carbocycles. The van der Waals surface area contributed by atoms with Gasteiger partial charge in [-0.1, -0.05) is 55.5 Å². The van der Waals surface area contributed by atoms with Crippen LogP contribution in [-0.4, -0.2) is 32.8 Å². The number of amides is 1. The fourth-order valence-corrected chi connectivity index (χ4v) is 4.01. The lowest BCUT2D eigenvalue weighted by atomic mass is 9.94. The van der Waals surface area contributed by atoms with Gasteiger partial charge in [0.15, 0.2) is 0 Å². The standard InChI is InChI=1S/C26H25N3O3/c1-2-21-24(26(31)29-32)22-16-27-14-13-23(22)28-25(21)20-11-9-19(10-12-20)18-7-5-17(6-8-18)4-3-15-30/h5-14,16,30,32H,2-4,15H2,1H3,(H,29,31). The molecule has 0 atom stereocenters. The lowest BCUT2D eigenvalue weighted by Crippen LogP contribution is -2.21. The van der Waals surface area contributed by atoms with Gasteiger partial charge in [0.05, 0.1) is 16.8 Å². The SMILES string of the molecule is CCc1c(-c2ccc(-c3ccc(CCCO)cc3)cc2)nc2ccncc2c1C(=O)NO.